The van der Waals surface area contributed by atoms with E-state index in [1.807, 2.05) is 24.3 Å². The zero-order chi connectivity index (χ0) is 11.4. The summed E-state index contributed by atoms with van der Waals surface area (Å²) in [4.78, 5) is 0. The van der Waals surface area contributed by atoms with Crippen LogP contribution in [-0.4, -0.2) is 19.5 Å². The molecule has 3 heteroatoms. The molecule has 1 aliphatic heterocycles. The van der Waals surface area contributed by atoms with Gasteiger partial charge in [-0.3, -0.25) is 0 Å². The van der Waals surface area contributed by atoms with Crippen molar-refractivity contribution < 1.29 is 8.78 Å². The molecule has 0 spiro atoms. The molecule has 1 heterocycles. The van der Waals surface area contributed by atoms with Crippen LogP contribution in [0.5, 0.6) is 0 Å². The molecular weight excluding hydrogens is 208 g/mol. The van der Waals surface area contributed by atoms with Crippen LogP contribution >= 0.6 is 0 Å². The van der Waals surface area contributed by atoms with Crippen LogP contribution in [0.25, 0.3) is 0 Å². The fourth-order valence-electron chi connectivity index (χ4n) is 2.32. The van der Waals surface area contributed by atoms with Gasteiger partial charge >= 0.3 is 0 Å². The minimum atomic E-state index is -2.25. The Morgan fingerprint density at radius 2 is 2.00 bits per heavy atom. The lowest BCUT2D eigenvalue weighted by Crippen LogP contribution is -2.12. The molecule has 1 unspecified atom stereocenters. The SMILES string of the molecule is FC(F)Cc1ccccc1CC1CCNC1. The average Bonchev–Trinajstić information content (AvgIpc) is 2.73. The molecule has 2 rings (SSSR count). The van der Waals surface area contributed by atoms with Crippen molar-refractivity contribution in [1.29, 1.82) is 0 Å². The highest BCUT2D eigenvalue weighted by Gasteiger charge is 2.17. The van der Waals surface area contributed by atoms with Gasteiger partial charge in [0.05, 0.1) is 0 Å². The van der Waals surface area contributed by atoms with E-state index in [1.165, 1.54) is 0 Å². The monoisotopic (exact) mass is 225 g/mol. The molecule has 0 amide bonds. The van der Waals surface area contributed by atoms with Crippen LogP contribution in [0.2, 0.25) is 0 Å². The van der Waals surface area contributed by atoms with Crippen molar-refractivity contribution in [3.8, 4) is 0 Å². The Bertz CT molecular complexity index is 332. The standard InChI is InChI=1S/C13H17F2N/c14-13(15)8-12-4-2-1-3-11(12)7-10-5-6-16-9-10/h1-4,10,13,16H,5-9H2. The second kappa shape index (κ2) is 5.39. The smallest absolute Gasteiger partial charge is 0.242 e. The van der Waals surface area contributed by atoms with E-state index in [-0.39, 0.29) is 6.42 Å². The van der Waals surface area contributed by atoms with Gasteiger partial charge in [-0.05, 0) is 43.0 Å². The lowest BCUT2D eigenvalue weighted by atomic mass is 9.94. The van der Waals surface area contributed by atoms with Crippen molar-refractivity contribution in [2.24, 2.45) is 5.92 Å². The Morgan fingerprint density at radius 3 is 2.62 bits per heavy atom. The van der Waals surface area contributed by atoms with Crippen LogP contribution in [0, 0.1) is 5.92 Å². The Morgan fingerprint density at radius 1 is 1.25 bits per heavy atom. The van der Waals surface area contributed by atoms with Gasteiger partial charge in [0.15, 0.2) is 0 Å². The van der Waals surface area contributed by atoms with Crippen LogP contribution in [0.1, 0.15) is 17.5 Å². The molecule has 0 aromatic heterocycles. The highest BCUT2D eigenvalue weighted by molar-refractivity contribution is 5.28. The predicted molar refractivity (Wildman–Crippen MR) is 60.8 cm³/mol. The summed E-state index contributed by atoms with van der Waals surface area (Å²) in [6.07, 6.45) is -0.280. The summed E-state index contributed by atoms with van der Waals surface area (Å²) in [7, 11) is 0. The molecule has 1 aromatic carbocycles. The topological polar surface area (TPSA) is 12.0 Å². The Kier molecular flexibility index (Phi) is 3.88. The zero-order valence-corrected chi connectivity index (χ0v) is 9.26. The average molecular weight is 225 g/mol. The van der Waals surface area contributed by atoms with Gasteiger partial charge in [-0.15, -0.1) is 0 Å². The molecule has 16 heavy (non-hydrogen) atoms. The van der Waals surface area contributed by atoms with Crippen molar-refractivity contribution in [3.63, 3.8) is 0 Å². The van der Waals surface area contributed by atoms with Crippen molar-refractivity contribution in [1.82, 2.24) is 5.32 Å². The number of halogens is 2. The highest BCUT2D eigenvalue weighted by Crippen LogP contribution is 2.20. The lowest BCUT2D eigenvalue weighted by Gasteiger charge is -2.12. The van der Waals surface area contributed by atoms with E-state index < -0.39 is 6.43 Å². The summed E-state index contributed by atoms with van der Waals surface area (Å²) in [5.74, 6) is 0.610. The van der Waals surface area contributed by atoms with Crippen LogP contribution in [0.4, 0.5) is 8.78 Å². The van der Waals surface area contributed by atoms with Gasteiger partial charge in [0.2, 0.25) is 6.43 Å². The number of nitrogens with one attached hydrogen (secondary N) is 1. The van der Waals surface area contributed by atoms with E-state index >= 15 is 0 Å². The summed E-state index contributed by atoms with van der Waals surface area (Å²) in [5, 5.41) is 3.30. The maximum atomic E-state index is 12.4. The molecule has 0 radical (unpaired) electrons. The van der Waals surface area contributed by atoms with Gasteiger partial charge in [0, 0.05) is 6.42 Å². The molecule has 1 nitrogen and oxygen atoms in total. The van der Waals surface area contributed by atoms with Gasteiger partial charge in [-0.1, -0.05) is 24.3 Å². The molecule has 1 saturated heterocycles. The van der Waals surface area contributed by atoms with Gasteiger partial charge in [-0.25, -0.2) is 8.78 Å². The Labute approximate surface area is 94.9 Å². The molecule has 1 fully saturated rings. The first-order chi connectivity index (χ1) is 7.75. The third-order valence-electron chi connectivity index (χ3n) is 3.16. The predicted octanol–water partition coefficient (Wildman–Crippen LogP) is 2.65. The fraction of sp³-hybridized carbons (Fsp3) is 0.538. The zero-order valence-electron chi connectivity index (χ0n) is 9.26. The van der Waals surface area contributed by atoms with E-state index in [0.29, 0.717) is 5.92 Å². The normalized spacial score (nSPS) is 20.6. The minimum Gasteiger partial charge on any atom is -0.316 e. The molecule has 1 aromatic rings. The van der Waals surface area contributed by atoms with Crippen LogP contribution in [0.3, 0.4) is 0 Å². The van der Waals surface area contributed by atoms with E-state index in [9.17, 15) is 8.78 Å². The lowest BCUT2D eigenvalue weighted by molar-refractivity contribution is 0.148. The minimum absolute atomic E-state index is 0.115. The number of benzene rings is 1. The number of alkyl halides is 2. The van der Waals surface area contributed by atoms with Gasteiger partial charge < -0.3 is 5.32 Å². The summed E-state index contributed by atoms with van der Waals surface area (Å²) >= 11 is 0. The Balaban J connectivity index is 2.06. The van der Waals surface area contributed by atoms with E-state index in [1.54, 1.807) is 0 Å². The largest absolute Gasteiger partial charge is 0.316 e. The second-order valence-corrected chi connectivity index (χ2v) is 4.43. The van der Waals surface area contributed by atoms with Crippen LogP contribution < -0.4 is 5.32 Å². The third-order valence-corrected chi connectivity index (χ3v) is 3.16. The molecule has 1 atom stereocenters. The maximum absolute atomic E-state index is 12.4. The number of hydrogen-bond acceptors (Lipinski definition) is 1. The molecule has 1 N–H and O–H groups in total. The van der Waals surface area contributed by atoms with Crippen molar-refractivity contribution in [3.05, 3.63) is 35.4 Å². The van der Waals surface area contributed by atoms with Crippen LogP contribution in [0.15, 0.2) is 24.3 Å². The third kappa shape index (κ3) is 3.01. The molecule has 0 aliphatic carbocycles. The summed E-state index contributed by atoms with van der Waals surface area (Å²) in [6.45, 7) is 2.07. The quantitative estimate of drug-likeness (QED) is 0.830. The number of hydrogen-bond donors (Lipinski definition) is 1. The van der Waals surface area contributed by atoms with Gasteiger partial charge in [-0.2, -0.15) is 0 Å². The van der Waals surface area contributed by atoms with E-state index in [4.69, 9.17) is 0 Å². The summed E-state index contributed by atoms with van der Waals surface area (Å²) in [5.41, 5.74) is 1.90. The number of rotatable bonds is 4. The van der Waals surface area contributed by atoms with Crippen LogP contribution in [-0.2, 0) is 12.8 Å². The van der Waals surface area contributed by atoms with Crippen molar-refractivity contribution >= 4 is 0 Å². The molecule has 88 valence electrons. The molecular formula is C13H17F2N. The first-order valence-electron chi connectivity index (χ1n) is 5.81. The Hall–Kier alpha value is -0.960. The molecule has 1 aliphatic rings. The maximum Gasteiger partial charge on any atom is 0.242 e. The van der Waals surface area contributed by atoms with E-state index in [0.717, 1.165) is 37.1 Å². The molecule has 0 bridgehead atoms. The van der Waals surface area contributed by atoms with Crippen molar-refractivity contribution in [2.45, 2.75) is 25.7 Å². The first kappa shape index (κ1) is 11.5. The van der Waals surface area contributed by atoms with E-state index in [2.05, 4.69) is 5.32 Å². The highest BCUT2D eigenvalue weighted by atomic mass is 19.3. The summed E-state index contributed by atoms with van der Waals surface area (Å²) in [6, 6.07) is 7.58. The summed E-state index contributed by atoms with van der Waals surface area (Å²) < 4.78 is 24.8. The van der Waals surface area contributed by atoms with Crippen molar-refractivity contribution in [2.75, 3.05) is 13.1 Å². The molecule has 0 saturated carbocycles. The first-order valence-corrected chi connectivity index (χ1v) is 5.81. The van der Waals surface area contributed by atoms with Gasteiger partial charge in [0.25, 0.3) is 0 Å². The fourth-order valence-corrected chi connectivity index (χ4v) is 2.32. The van der Waals surface area contributed by atoms with Gasteiger partial charge in [0.1, 0.15) is 0 Å². The second-order valence-electron chi connectivity index (χ2n) is 4.43.